The fourth-order valence-electron chi connectivity index (χ4n) is 15.5. The molecule has 1 aliphatic heterocycles. The second-order valence-electron chi connectivity index (χ2n) is 34.2. The summed E-state index contributed by atoms with van der Waals surface area (Å²) in [6, 6.07) is -19.9. The van der Waals surface area contributed by atoms with Crippen LogP contribution in [-0.2, 0) is 94.3 Å². The number of rotatable bonds is 56. The van der Waals surface area contributed by atoms with Crippen LogP contribution < -0.4 is 119 Å². The van der Waals surface area contributed by atoms with Gasteiger partial charge in [-0.1, -0.05) is 78.1 Å². The topological polar surface area (TPSA) is 811 Å². The maximum atomic E-state index is 15.1. The Morgan fingerprint density at radius 3 is 1.28 bits per heavy atom. The summed E-state index contributed by atoms with van der Waals surface area (Å²) in [5, 5.41) is 85.2. The molecule has 724 valence electrons. The van der Waals surface area contributed by atoms with Crippen molar-refractivity contribution in [3.8, 4) is 0 Å². The highest BCUT2D eigenvalue weighted by Gasteiger charge is 2.43. The number of carbonyl (C=O) groups excluding carboxylic acids is 17. The van der Waals surface area contributed by atoms with Gasteiger partial charge in [0.15, 0.2) is 17.9 Å². The molecule has 0 bridgehead atoms. The van der Waals surface area contributed by atoms with E-state index in [0.717, 1.165) is 65.2 Å². The summed E-state index contributed by atoms with van der Waals surface area (Å²) in [6.07, 6.45) is 9.32. The van der Waals surface area contributed by atoms with Crippen molar-refractivity contribution in [2.45, 2.75) is 299 Å². The third-order valence-corrected chi connectivity index (χ3v) is 22.4. The molecular weight excluding hydrogens is 1700 g/mol. The molecule has 0 spiro atoms. The van der Waals surface area contributed by atoms with E-state index in [9.17, 15) is 82.1 Å². The lowest BCUT2D eigenvalue weighted by Gasteiger charge is -2.32. The van der Waals surface area contributed by atoms with Crippen LogP contribution in [0.5, 0.6) is 0 Å². The predicted molar refractivity (Wildman–Crippen MR) is 470 cm³/mol. The van der Waals surface area contributed by atoms with E-state index in [4.69, 9.17) is 50.6 Å². The minimum Gasteiger partial charge on any atom is -0.394 e. The molecule has 0 radical (unpaired) electrons. The van der Waals surface area contributed by atoms with Crippen molar-refractivity contribution in [2.24, 2.45) is 52.2 Å². The van der Waals surface area contributed by atoms with Gasteiger partial charge in [0.2, 0.25) is 100 Å². The van der Waals surface area contributed by atoms with E-state index in [-0.39, 0.29) is 127 Å². The Labute approximate surface area is 753 Å². The van der Waals surface area contributed by atoms with E-state index in [0.29, 0.717) is 30.7 Å². The lowest BCUT2D eigenvalue weighted by Crippen LogP contribution is -2.65. The van der Waals surface area contributed by atoms with Gasteiger partial charge in [0.1, 0.15) is 84.1 Å². The number of nitrogens with zero attached hydrogens (tertiary/aromatic N) is 3. The number of carbonyl (C=O) groups is 17. The van der Waals surface area contributed by atoms with Crippen molar-refractivity contribution in [3.63, 3.8) is 0 Å². The SMILES string of the molecule is CC(=O)N[C@@H](CO)C(=O)N1CCC[C@@H]1C(=O)N[C@@H](CCCNC(=N)N)C(=O)N[C@@H](Cc1cnc[nH]1)C(=O)N[C@@H](Cc1cnc[nH]1)C(=O)N[C@@H](CC1CCCCC1)C(=O)N[C@@H](CC(N)=O)C(=O)N[C@@H](CC(C)C)C(=O)NC(C)(C)C(=O)N[C@H](C(=O)N[C@@H](CCCNC(=N)N)C(=O)N[C@@H](CCC(N)=O)C(=O)N[C@@H](CCCNC(=N)N)C(=O)N[C@@H](CC1CCCCC1)C(N)=O)[C@@H](C)O. The first kappa shape index (κ1) is 108. The van der Waals surface area contributed by atoms with Gasteiger partial charge in [-0.05, 0) is 116 Å². The van der Waals surface area contributed by atoms with Gasteiger partial charge in [0.25, 0.3) is 0 Å². The number of aliphatic hydroxyl groups excluding tert-OH is 2. The van der Waals surface area contributed by atoms with Gasteiger partial charge in [-0.15, -0.1) is 0 Å². The molecule has 49 heteroatoms. The molecule has 17 amide bonds. The first-order valence-corrected chi connectivity index (χ1v) is 44.0. The molecule has 2 aliphatic carbocycles. The number of aliphatic hydroxyl groups is 2. The lowest BCUT2D eigenvalue weighted by atomic mass is 9.84. The van der Waals surface area contributed by atoms with Gasteiger partial charge >= 0.3 is 0 Å². The molecule has 2 aromatic heterocycles. The molecule has 0 unspecified atom stereocenters. The van der Waals surface area contributed by atoms with Crippen LogP contribution in [0.3, 0.4) is 0 Å². The Hall–Kier alpha value is -12.9. The number of nitrogens with two attached hydrogens (primary N) is 6. The zero-order chi connectivity index (χ0) is 96.5. The molecular formula is C81H136N30O19. The number of hydrogen-bond acceptors (Lipinski definition) is 24. The van der Waals surface area contributed by atoms with Crippen LogP contribution in [0.2, 0.25) is 0 Å². The van der Waals surface area contributed by atoms with Gasteiger partial charge in [0, 0.05) is 76.1 Å². The second kappa shape index (κ2) is 54.5. The summed E-state index contributed by atoms with van der Waals surface area (Å²) in [5.74, 6) is -18.0. The highest BCUT2D eigenvalue weighted by molar-refractivity contribution is 6.02. The Balaban J connectivity index is 1.38. The smallest absolute Gasteiger partial charge is 0.248 e. The minimum atomic E-state index is -2.06. The van der Waals surface area contributed by atoms with Gasteiger partial charge in [-0.25, -0.2) is 9.97 Å². The number of nitrogens with one attached hydrogen (secondary N) is 21. The summed E-state index contributed by atoms with van der Waals surface area (Å²) in [6.45, 7) is 7.40. The zero-order valence-electron chi connectivity index (χ0n) is 74.7. The van der Waals surface area contributed by atoms with Crippen LogP contribution >= 0.6 is 0 Å². The Morgan fingerprint density at radius 1 is 0.469 bits per heavy atom. The molecule has 5 rings (SSSR count). The van der Waals surface area contributed by atoms with Crippen molar-refractivity contribution in [1.29, 1.82) is 16.2 Å². The molecule has 49 nitrogen and oxygen atoms in total. The third-order valence-electron chi connectivity index (χ3n) is 22.4. The van der Waals surface area contributed by atoms with E-state index in [2.05, 4.69) is 105 Å². The molecule has 2 saturated carbocycles. The zero-order valence-corrected chi connectivity index (χ0v) is 74.7. The summed E-state index contributed by atoms with van der Waals surface area (Å²) in [5.41, 5.74) is 32.1. The number of guanidine groups is 3. The van der Waals surface area contributed by atoms with Crippen molar-refractivity contribution in [2.75, 3.05) is 32.8 Å². The fourth-order valence-corrected chi connectivity index (χ4v) is 15.5. The third kappa shape index (κ3) is 38.2. The summed E-state index contributed by atoms with van der Waals surface area (Å²) in [4.78, 5) is 254. The van der Waals surface area contributed by atoms with Gasteiger partial charge < -0.3 is 145 Å². The summed E-state index contributed by atoms with van der Waals surface area (Å²) >= 11 is 0. The molecule has 2 aromatic rings. The molecule has 0 aromatic carbocycles. The number of H-pyrrole nitrogens is 2. The van der Waals surface area contributed by atoms with Crippen LogP contribution in [0.1, 0.15) is 207 Å². The number of likely N-dealkylation sites (tertiary alicyclic amines) is 1. The minimum absolute atomic E-state index is 0.0166. The Morgan fingerprint density at radius 2 is 0.869 bits per heavy atom. The van der Waals surface area contributed by atoms with Crippen LogP contribution in [0.15, 0.2) is 25.0 Å². The maximum Gasteiger partial charge on any atom is 0.248 e. The van der Waals surface area contributed by atoms with Crippen LogP contribution in [0.25, 0.3) is 0 Å². The number of aromatic amines is 2. The number of primary amides is 3. The lowest BCUT2D eigenvalue weighted by molar-refractivity contribution is -0.143. The van der Waals surface area contributed by atoms with E-state index in [1.807, 2.05) is 0 Å². The monoisotopic (exact) mass is 1830 g/mol. The van der Waals surface area contributed by atoms with E-state index >= 15 is 9.59 Å². The molecule has 3 fully saturated rings. The van der Waals surface area contributed by atoms with Crippen LogP contribution in [-0.4, -0.2) is 276 Å². The summed E-state index contributed by atoms with van der Waals surface area (Å²) < 4.78 is 0. The highest BCUT2D eigenvalue weighted by Crippen LogP contribution is 2.30. The molecule has 14 atom stereocenters. The summed E-state index contributed by atoms with van der Waals surface area (Å²) in [7, 11) is 0. The van der Waals surface area contributed by atoms with Gasteiger partial charge in [-0.3, -0.25) is 97.7 Å². The first-order valence-electron chi connectivity index (χ1n) is 44.0. The Kier molecular flexibility index (Phi) is 45.1. The molecule has 130 heavy (non-hydrogen) atoms. The number of aromatic nitrogens is 4. The average Bonchev–Trinajstić information content (AvgIpc) is 1.70. The molecule has 3 heterocycles. The molecule has 3 aliphatic rings. The van der Waals surface area contributed by atoms with Crippen molar-refractivity contribution < 1.29 is 91.7 Å². The first-order chi connectivity index (χ1) is 61.4. The van der Waals surface area contributed by atoms with Gasteiger partial charge in [0.05, 0.1) is 31.8 Å². The second-order valence-corrected chi connectivity index (χ2v) is 34.2. The van der Waals surface area contributed by atoms with Crippen LogP contribution in [0.4, 0.5) is 0 Å². The van der Waals surface area contributed by atoms with Crippen molar-refractivity contribution in [1.82, 2.24) is 110 Å². The number of hydrogen-bond donors (Lipinski definition) is 29. The average molecular weight is 1830 g/mol. The van der Waals surface area contributed by atoms with Crippen LogP contribution in [0, 0.1) is 34.0 Å². The standard InChI is InChI=1S/C81H136N30O19/c1-42(2)31-54(73(126)110-81(5,6)77(130)109-63(43(3)113)75(128)102-51(23-15-29-95-80(89)90)65(118)100-52(25-26-61(82)115)68(121)99-49(21-13-27-93-78(85)86)66(119)103-53(64(84)117)32-45-17-9-7-10-18-45)104-72(125)58(36-62(83)116)108-69(122)55(33-46-19-11-8-12-20-46)105-70(123)57(35-48-38-92-41-97-48)107-71(124)56(34-47-37-91-40-96-47)106-67(120)50(22-14-28-94-79(87)88)101-74(127)60-24-16-30-111(60)76(129)59(39-112)98-44(4)114/h37-38,40-43,45-46,49-60,63,112-113H,7-36,39H2,1-6H3,(H2,82,115)(H2,83,116)(H2,84,117)(H,91,96)(H,92,97)(H,98,114)(H,99,121)(H,100,118)(H,101,127)(H,102,128)(H,103,119)(H,104,125)(H,105,123)(H,106,120)(H,107,124)(H,108,122)(H,109,130)(H,110,126)(H4,85,86,93)(H4,87,88,94)(H4,89,90,95)/t43-,49+,50+,51+,52+,53+,54+,55+,56+,57+,58+,59+,60-,63+/m1/s1. The van der Waals surface area contributed by atoms with Crippen molar-refractivity contribution >= 4 is 118 Å². The molecule has 1 saturated heterocycles. The number of imidazole rings is 2. The fraction of sp³-hybridized carbons (Fsp3) is 0.679. The normalized spacial score (nSPS) is 17.1. The largest absolute Gasteiger partial charge is 0.394 e. The van der Waals surface area contributed by atoms with E-state index < -0.39 is 228 Å². The van der Waals surface area contributed by atoms with Gasteiger partial charge in [-0.2, -0.15) is 0 Å². The van der Waals surface area contributed by atoms with E-state index in [1.165, 1.54) is 43.8 Å². The molecule has 35 N–H and O–H groups in total. The van der Waals surface area contributed by atoms with E-state index in [1.54, 1.807) is 13.8 Å². The predicted octanol–water partition coefficient (Wildman–Crippen LogP) is -7.58. The van der Waals surface area contributed by atoms with Crippen molar-refractivity contribution in [3.05, 3.63) is 36.4 Å². The maximum absolute atomic E-state index is 15.1. The quantitative estimate of drug-likeness (QED) is 0.0166. The number of amides is 17. The highest BCUT2D eigenvalue weighted by atomic mass is 16.3. The Bertz CT molecular complexity index is 4180.